The summed E-state index contributed by atoms with van der Waals surface area (Å²) in [5.74, 6) is -0.260. The fraction of sp³-hybridized carbons (Fsp3) is 0.214. The molecule has 1 unspecified atom stereocenters. The van der Waals surface area contributed by atoms with Crippen LogP contribution in [0.4, 0.5) is 4.39 Å². The van der Waals surface area contributed by atoms with Crippen molar-refractivity contribution in [3.63, 3.8) is 0 Å². The Bertz CT molecular complexity index is 537. The fourth-order valence-electron chi connectivity index (χ4n) is 1.85. The summed E-state index contributed by atoms with van der Waals surface area (Å²) in [7, 11) is 0. The zero-order chi connectivity index (χ0) is 13.1. The van der Waals surface area contributed by atoms with Crippen LogP contribution in [0.2, 0.25) is 0 Å². The minimum atomic E-state index is -0.260. The summed E-state index contributed by atoms with van der Waals surface area (Å²) in [6.07, 6.45) is 2.30. The topological polar surface area (TPSA) is 38.9 Å². The molecule has 0 aliphatic carbocycles. The van der Waals surface area contributed by atoms with E-state index in [1.54, 1.807) is 6.20 Å². The summed E-state index contributed by atoms with van der Waals surface area (Å²) in [6, 6.07) is 8.46. The Hall–Kier alpha value is -1.26. The average Bonchev–Trinajstić information content (AvgIpc) is 2.27. The Balaban J connectivity index is 2.18. The molecule has 4 heteroatoms. The monoisotopic (exact) mass is 308 g/mol. The van der Waals surface area contributed by atoms with E-state index in [4.69, 9.17) is 5.73 Å². The van der Waals surface area contributed by atoms with E-state index < -0.39 is 0 Å². The Morgan fingerprint density at radius 1 is 1.33 bits per heavy atom. The van der Waals surface area contributed by atoms with Crippen molar-refractivity contribution in [1.82, 2.24) is 4.98 Å². The molecular weight excluding hydrogens is 295 g/mol. The predicted molar refractivity (Wildman–Crippen MR) is 73.7 cm³/mol. The molecule has 0 amide bonds. The van der Waals surface area contributed by atoms with Crippen LogP contribution in [0, 0.1) is 12.7 Å². The molecule has 0 aliphatic heterocycles. The highest BCUT2D eigenvalue weighted by atomic mass is 79.9. The lowest BCUT2D eigenvalue weighted by Gasteiger charge is -2.12. The third-order valence-electron chi connectivity index (χ3n) is 2.69. The molecule has 1 atom stereocenters. The van der Waals surface area contributed by atoms with Crippen molar-refractivity contribution in [2.24, 2.45) is 5.73 Å². The van der Waals surface area contributed by atoms with Gasteiger partial charge in [0.1, 0.15) is 5.82 Å². The van der Waals surface area contributed by atoms with Gasteiger partial charge >= 0.3 is 0 Å². The molecule has 0 aliphatic rings. The number of aromatic nitrogens is 1. The van der Waals surface area contributed by atoms with Gasteiger partial charge in [-0.25, -0.2) is 4.39 Å². The molecule has 2 nitrogen and oxygen atoms in total. The number of nitrogens with two attached hydrogens (primary N) is 1. The molecular formula is C14H14BrFN2. The molecule has 1 aromatic carbocycles. The minimum Gasteiger partial charge on any atom is -0.322 e. The summed E-state index contributed by atoms with van der Waals surface area (Å²) in [6.45, 7) is 2.00. The highest BCUT2D eigenvalue weighted by molar-refractivity contribution is 9.10. The van der Waals surface area contributed by atoms with Crippen LogP contribution in [0.25, 0.3) is 0 Å². The van der Waals surface area contributed by atoms with Crippen LogP contribution in [0.5, 0.6) is 0 Å². The van der Waals surface area contributed by atoms with Crippen LogP contribution in [0.3, 0.4) is 0 Å². The second kappa shape index (κ2) is 5.59. The van der Waals surface area contributed by atoms with Crippen LogP contribution in [-0.4, -0.2) is 4.98 Å². The van der Waals surface area contributed by atoms with Gasteiger partial charge in [-0.05, 0) is 54.8 Å². The van der Waals surface area contributed by atoms with Crippen molar-refractivity contribution in [2.45, 2.75) is 19.4 Å². The summed E-state index contributed by atoms with van der Waals surface area (Å²) in [5, 5.41) is 0. The Kier molecular flexibility index (Phi) is 4.09. The summed E-state index contributed by atoms with van der Waals surface area (Å²) in [4.78, 5) is 4.25. The standard InChI is InChI=1S/C14H14BrFN2/c1-9-2-3-18-14(4-9)13(17)7-10-5-11(15)8-12(16)6-10/h2-6,8,13H,7,17H2,1H3. The van der Waals surface area contributed by atoms with Crippen molar-refractivity contribution in [1.29, 1.82) is 0 Å². The highest BCUT2D eigenvalue weighted by Crippen LogP contribution is 2.20. The Labute approximate surface area is 114 Å². The minimum absolute atomic E-state index is 0.224. The number of nitrogens with zero attached hydrogens (tertiary/aromatic N) is 1. The molecule has 0 spiro atoms. The largest absolute Gasteiger partial charge is 0.322 e. The molecule has 0 bridgehead atoms. The molecule has 0 saturated heterocycles. The lowest BCUT2D eigenvalue weighted by molar-refractivity contribution is 0.619. The Morgan fingerprint density at radius 2 is 2.11 bits per heavy atom. The molecule has 2 N–H and O–H groups in total. The highest BCUT2D eigenvalue weighted by Gasteiger charge is 2.10. The van der Waals surface area contributed by atoms with E-state index in [9.17, 15) is 4.39 Å². The summed E-state index contributed by atoms with van der Waals surface area (Å²) < 4.78 is 14.0. The third-order valence-corrected chi connectivity index (χ3v) is 3.15. The van der Waals surface area contributed by atoms with Crippen LogP contribution < -0.4 is 5.73 Å². The quantitative estimate of drug-likeness (QED) is 0.942. The number of pyridine rings is 1. The first-order chi connectivity index (χ1) is 8.54. The molecule has 18 heavy (non-hydrogen) atoms. The van der Waals surface area contributed by atoms with Crippen LogP contribution in [0.1, 0.15) is 22.9 Å². The number of benzene rings is 1. The van der Waals surface area contributed by atoms with Gasteiger partial charge < -0.3 is 5.73 Å². The van der Waals surface area contributed by atoms with Crippen molar-refractivity contribution >= 4 is 15.9 Å². The molecule has 2 aromatic rings. The number of halogens is 2. The molecule has 1 aromatic heterocycles. The lowest BCUT2D eigenvalue weighted by atomic mass is 10.0. The molecule has 1 heterocycles. The van der Waals surface area contributed by atoms with E-state index in [1.807, 2.05) is 25.1 Å². The maximum Gasteiger partial charge on any atom is 0.124 e. The number of hydrogen-bond acceptors (Lipinski definition) is 2. The van der Waals surface area contributed by atoms with Crippen LogP contribution in [0.15, 0.2) is 41.0 Å². The van der Waals surface area contributed by atoms with Crippen molar-refractivity contribution < 1.29 is 4.39 Å². The molecule has 94 valence electrons. The first-order valence-electron chi connectivity index (χ1n) is 5.67. The third kappa shape index (κ3) is 3.37. The van der Waals surface area contributed by atoms with Gasteiger partial charge in [0.2, 0.25) is 0 Å². The second-order valence-corrected chi connectivity index (χ2v) is 5.26. The zero-order valence-corrected chi connectivity index (χ0v) is 11.6. The van der Waals surface area contributed by atoms with Gasteiger partial charge in [-0.1, -0.05) is 15.9 Å². The van der Waals surface area contributed by atoms with E-state index in [2.05, 4.69) is 20.9 Å². The predicted octanol–water partition coefficient (Wildman–Crippen LogP) is 3.53. The first kappa shape index (κ1) is 13.2. The van der Waals surface area contributed by atoms with E-state index in [0.29, 0.717) is 6.42 Å². The summed E-state index contributed by atoms with van der Waals surface area (Å²) >= 11 is 3.27. The second-order valence-electron chi connectivity index (χ2n) is 4.35. The molecule has 0 fully saturated rings. The number of aryl methyl sites for hydroxylation is 1. The molecule has 2 rings (SSSR count). The van der Waals surface area contributed by atoms with Gasteiger partial charge in [-0.2, -0.15) is 0 Å². The van der Waals surface area contributed by atoms with E-state index >= 15 is 0 Å². The van der Waals surface area contributed by atoms with E-state index in [-0.39, 0.29) is 11.9 Å². The van der Waals surface area contributed by atoms with Crippen molar-refractivity contribution in [3.05, 3.63) is 63.6 Å². The van der Waals surface area contributed by atoms with E-state index in [1.165, 1.54) is 12.1 Å². The van der Waals surface area contributed by atoms with Gasteiger partial charge in [0.15, 0.2) is 0 Å². The average molecular weight is 309 g/mol. The number of rotatable bonds is 3. The fourth-order valence-corrected chi connectivity index (χ4v) is 2.36. The van der Waals surface area contributed by atoms with Crippen LogP contribution >= 0.6 is 15.9 Å². The normalized spacial score (nSPS) is 12.4. The van der Waals surface area contributed by atoms with Crippen molar-refractivity contribution in [2.75, 3.05) is 0 Å². The first-order valence-corrected chi connectivity index (χ1v) is 6.47. The van der Waals surface area contributed by atoms with E-state index in [0.717, 1.165) is 21.3 Å². The zero-order valence-electron chi connectivity index (χ0n) is 10.0. The van der Waals surface area contributed by atoms with Gasteiger partial charge in [0.25, 0.3) is 0 Å². The van der Waals surface area contributed by atoms with Gasteiger partial charge in [0.05, 0.1) is 11.7 Å². The maximum atomic E-state index is 13.3. The van der Waals surface area contributed by atoms with Gasteiger partial charge in [0, 0.05) is 10.7 Å². The summed E-state index contributed by atoms with van der Waals surface area (Å²) in [5.41, 5.74) is 8.91. The molecule has 0 saturated carbocycles. The Morgan fingerprint density at radius 3 is 2.78 bits per heavy atom. The maximum absolute atomic E-state index is 13.3. The van der Waals surface area contributed by atoms with Gasteiger partial charge in [-0.15, -0.1) is 0 Å². The SMILES string of the molecule is Cc1ccnc(C(N)Cc2cc(F)cc(Br)c2)c1. The number of hydrogen-bond donors (Lipinski definition) is 1. The molecule has 0 radical (unpaired) electrons. The smallest absolute Gasteiger partial charge is 0.124 e. The van der Waals surface area contributed by atoms with Crippen LogP contribution in [-0.2, 0) is 6.42 Å². The lowest BCUT2D eigenvalue weighted by Crippen LogP contribution is -2.15. The van der Waals surface area contributed by atoms with Crippen molar-refractivity contribution in [3.8, 4) is 0 Å². The van der Waals surface area contributed by atoms with Gasteiger partial charge in [-0.3, -0.25) is 4.98 Å².